The molecule has 0 spiro atoms. The van der Waals surface area contributed by atoms with Crippen molar-refractivity contribution in [1.29, 1.82) is 0 Å². The normalized spacial score (nSPS) is 10.5. The average Bonchev–Trinajstić information content (AvgIpc) is 2.57. The van der Waals surface area contributed by atoms with Gasteiger partial charge < -0.3 is 10.5 Å². The molecule has 0 atom stereocenters. The van der Waals surface area contributed by atoms with Crippen LogP contribution in [-0.4, -0.2) is 27.7 Å². The van der Waals surface area contributed by atoms with Gasteiger partial charge in [-0.2, -0.15) is 0 Å². The second-order valence-corrected chi connectivity index (χ2v) is 2.54. The van der Waals surface area contributed by atoms with Crippen LogP contribution in [0.25, 0.3) is 5.65 Å². The van der Waals surface area contributed by atoms with E-state index in [9.17, 15) is 0 Å². The Morgan fingerprint density at radius 1 is 1.54 bits per heavy atom. The lowest BCUT2D eigenvalue weighted by Gasteiger charge is -1.96. The number of aromatic nitrogens is 3. The van der Waals surface area contributed by atoms with Crippen molar-refractivity contribution in [2.75, 3.05) is 13.2 Å². The zero-order valence-corrected chi connectivity index (χ0v) is 7.05. The molecule has 2 rings (SSSR count). The van der Waals surface area contributed by atoms with E-state index in [2.05, 4.69) is 10.1 Å². The van der Waals surface area contributed by atoms with Crippen LogP contribution in [0.3, 0.4) is 0 Å². The number of fused-ring (bicyclic) bond motifs is 1. The Morgan fingerprint density at radius 3 is 3.23 bits per heavy atom. The quantitative estimate of drug-likeness (QED) is 0.722. The van der Waals surface area contributed by atoms with E-state index in [1.54, 1.807) is 16.8 Å². The number of hydrogen-bond acceptors (Lipinski definition) is 4. The minimum atomic E-state index is 0.476. The fourth-order valence-corrected chi connectivity index (χ4v) is 1.04. The molecule has 0 aliphatic heterocycles. The van der Waals surface area contributed by atoms with Crippen LogP contribution in [-0.2, 0) is 0 Å². The highest BCUT2D eigenvalue weighted by molar-refractivity contribution is 5.40. The van der Waals surface area contributed by atoms with Crippen molar-refractivity contribution in [3.05, 3.63) is 24.5 Å². The summed E-state index contributed by atoms with van der Waals surface area (Å²) in [5.41, 5.74) is 6.07. The summed E-state index contributed by atoms with van der Waals surface area (Å²) in [7, 11) is 0. The predicted octanol–water partition coefficient (Wildman–Crippen LogP) is 0.0668. The molecule has 13 heavy (non-hydrogen) atoms. The van der Waals surface area contributed by atoms with Gasteiger partial charge >= 0.3 is 0 Å². The first-order chi connectivity index (χ1) is 6.40. The molecule has 0 aliphatic carbocycles. The Bertz CT molecular complexity index is 365. The molecule has 0 bridgehead atoms. The molecule has 0 amide bonds. The van der Waals surface area contributed by atoms with Gasteiger partial charge in [0.1, 0.15) is 6.61 Å². The van der Waals surface area contributed by atoms with Crippen molar-refractivity contribution in [3.63, 3.8) is 0 Å². The minimum absolute atomic E-state index is 0.476. The largest absolute Gasteiger partial charge is 0.475 e. The Balaban J connectivity index is 2.28. The van der Waals surface area contributed by atoms with E-state index in [-0.39, 0.29) is 0 Å². The molecule has 0 aromatic carbocycles. The van der Waals surface area contributed by atoms with Crippen molar-refractivity contribution in [2.45, 2.75) is 0 Å². The SMILES string of the molecule is NCCOc1cc2ncccn2n1. The summed E-state index contributed by atoms with van der Waals surface area (Å²) in [5.74, 6) is 0.559. The standard InChI is InChI=1S/C8H10N4O/c9-2-5-13-8-6-7-10-3-1-4-12(7)11-8/h1,3-4,6H,2,5,9H2. The third kappa shape index (κ3) is 1.59. The number of hydrogen-bond donors (Lipinski definition) is 1. The highest BCUT2D eigenvalue weighted by Crippen LogP contribution is 2.09. The summed E-state index contributed by atoms with van der Waals surface area (Å²) in [6, 6.07) is 3.59. The van der Waals surface area contributed by atoms with Gasteiger partial charge in [0.25, 0.3) is 0 Å². The van der Waals surface area contributed by atoms with Gasteiger partial charge in [0, 0.05) is 25.0 Å². The maximum atomic E-state index is 5.30. The summed E-state index contributed by atoms with van der Waals surface area (Å²) in [6.45, 7) is 0.963. The zero-order chi connectivity index (χ0) is 9.10. The van der Waals surface area contributed by atoms with Crippen LogP contribution in [0.4, 0.5) is 0 Å². The maximum Gasteiger partial charge on any atom is 0.235 e. The lowest BCUT2D eigenvalue weighted by molar-refractivity contribution is 0.314. The third-order valence-electron chi connectivity index (χ3n) is 1.58. The van der Waals surface area contributed by atoms with Crippen molar-refractivity contribution in [2.24, 2.45) is 5.73 Å². The Kier molecular flexibility index (Phi) is 2.09. The molecule has 0 saturated carbocycles. The van der Waals surface area contributed by atoms with Gasteiger partial charge in [-0.05, 0) is 6.07 Å². The predicted molar refractivity (Wildman–Crippen MR) is 47.5 cm³/mol. The van der Waals surface area contributed by atoms with Crippen molar-refractivity contribution in [3.8, 4) is 5.88 Å². The molecule has 2 aromatic heterocycles. The van der Waals surface area contributed by atoms with Gasteiger partial charge in [0.15, 0.2) is 5.65 Å². The zero-order valence-electron chi connectivity index (χ0n) is 7.05. The van der Waals surface area contributed by atoms with Gasteiger partial charge in [-0.3, -0.25) is 0 Å². The average molecular weight is 178 g/mol. The smallest absolute Gasteiger partial charge is 0.235 e. The molecule has 0 aliphatic rings. The Morgan fingerprint density at radius 2 is 2.46 bits per heavy atom. The minimum Gasteiger partial charge on any atom is -0.475 e. The molecule has 0 radical (unpaired) electrons. The van der Waals surface area contributed by atoms with E-state index in [1.165, 1.54) is 0 Å². The van der Waals surface area contributed by atoms with Crippen LogP contribution in [0.5, 0.6) is 5.88 Å². The molecular formula is C8H10N4O. The van der Waals surface area contributed by atoms with Gasteiger partial charge in [0.2, 0.25) is 5.88 Å². The molecule has 2 aromatic rings. The van der Waals surface area contributed by atoms with E-state index in [4.69, 9.17) is 10.5 Å². The first kappa shape index (κ1) is 8.00. The van der Waals surface area contributed by atoms with E-state index < -0.39 is 0 Å². The fraction of sp³-hybridized carbons (Fsp3) is 0.250. The monoisotopic (exact) mass is 178 g/mol. The first-order valence-electron chi connectivity index (χ1n) is 4.03. The Hall–Kier alpha value is -1.62. The van der Waals surface area contributed by atoms with Gasteiger partial charge in [-0.1, -0.05) is 0 Å². The number of ether oxygens (including phenoxy) is 1. The Labute approximate surface area is 75.1 Å². The van der Waals surface area contributed by atoms with Gasteiger partial charge in [-0.15, -0.1) is 5.10 Å². The van der Waals surface area contributed by atoms with E-state index in [1.807, 2.05) is 12.3 Å². The van der Waals surface area contributed by atoms with Crippen LogP contribution < -0.4 is 10.5 Å². The van der Waals surface area contributed by atoms with Gasteiger partial charge in [0.05, 0.1) is 0 Å². The fourth-order valence-electron chi connectivity index (χ4n) is 1.04. The second kappa shape index (κ2) is 3.40. The van der Waals surface area contributed by atoms with E-state index >= 15 is 0 Å². The topological polar surface area (TPSA) is 65.4 Å². The summed E-state index contributed by atoms with van der Waals surface area (Å²) in [4.78, 5) is 4.10. The van der Waals surface area contributed by atoms with Crippen LogP contribution in [0.15, 0.2) is 24.5 Å². The molecule has 5 heteroatoms. The highest BCUT2D eigenvalue weighted by atomic mass is 16.5. The highest BCUT2D eigenvalue weighted by Gasteiger charge is 2.00. The molecular weight excluding hydrogens is 168 g/mol. The molecule has 0 saturated heterocycles. The van der Waals surface area contributed by atoms with Crippen LogP contribution in [0.1, 0.15) is 0 Å². The van der Waals surface area contributed by atoms with E-state index in [0.29, 0.717) is 19.0 Å². The van der Waals surface area contributed by atoms with Crippen LogP contribution in [0.2, 0.25) is 0 Å². The van der Waals surface area contributed by atoms with E-state index in [0.717, 1.165) is 5.65 Å². The third-order valence-corrected chi connectivity index (χ3v) is 1.58. The maximum absolute atomic E-state index is 5.30. The lowest BCUT2D eigenvalue weighted by Crippen LogP contribution is -2.10. The summed E-state index contributed by atoms with van der Waals surface area (Å²) in [5, 5.41) is 4.13. The van der Waals surface area contributed by atoms with Gasteiger partial charge in [-0.25, -0.2) is 9.50 Å². The van der Waals surface area contributed by atoms with Crippen LogP contribution in [0, 0.1) is 0 Å². The molecule has 0 fully saturated rings. The molecule has 0 unspecified atom stereocenters. The number of rotatable bonds is 3. The summed E-state index contributed by atoms with van der Waals surface area (Å²) >= 11 is 0. The number of nitrogens with two attached hydrogens (primary N) is 1. The molecule has 68 valence electrons. The number of nitrogens with zero attached hydrogens (tertiary/aromatic N) is 3. The van der Waals surface area contributed by atoms with Crippen molar-refractivity contribution >= 4 is 5.65 Å². The summed E-state index contributed by atoms with van der Waals surface area (Å²) in [6.07, 6.45) is 3.53. The molecule has 2 heterocycles. The first-order valence-corrected chi connectivity index (χ1v) is 4.03. The molecule has 2 N–H and O–H groups in total. The molecule has 5 nitrogen and oxygen atoms in total. The summed E-state index contributed by atoms with van der Waals surface area (Å²) < 4.78 is 6.90. The van der Waals surface area contributed by atoms with Crippen molar-refractivity contribution in [1.82, 2.24) is 14.6 Å². The lowest BCUT2D eigenvalue weighted by atomic mass is 10.6. The van der Waals surface area contributed by atoms with Crippen molar-refractivity contribution < 1.29 is 4.74 Å². The second-order valence-electron chi connectivity index (χ2n) is 2.54. The van der Waals surface area contributed by atoms with Crippen LogP contribution >= 0.6 is 0 Å².